The summed E-state index contributed by atoms with van der Waals surface area (Å²) < 4.78 is 18.1. The van der Waals surface area contributed by atoms with Crippen LogP contribution in [0.25, 0.3) is 0 Å². The van der Waals surface area contributed by atoms with E-state index in [0.717, 1.165) is 49.8 Å². The van der Waals surface area contributed by atoms with E-state index in [2.05, 4.69) is 36.3 Å². The van der Waals surface area contributed by atoms with Crippen LogP contribution in [0, 0.1) is 13.0 Å². The zero-order valence-corrected chi connectivity index (χ0v) is 18.7. The van der Waals surface area contributed by atoms with Crippen molar-refractivity contribution in [2.24, 2.45) is 0 Å². The van der Waals surface area contributed by atoms with Crippen molar-refractivity contribution in [2.75, 3.05) is 27.8 Å². The first-order valence-electron chi connectivity index (χ1n) is 9.29. The molecule has 2 aliphatic rings. The van der Waals surface area contributed by atoms with Gasteiger partial charge in [-0.1, -0.05) is 18.5 Å². The molecule has 5 nitrogen and oxygen atoms in total. The van der Waals surface area contributed by atoms with Gasteiger partial charge in [-0.05, 0) is 43.8 Å². The number of methoxy groups -OCH3 is 2. The number of hydrogen-bond donors (Lipinski definition) is 1. The molecule has 1 saturated heterocycles. The smallest absolute Gasteiger partial charge is 0.161 e. The summed E-state index contributed by atoms with van der Waals surface area (Å²) in [6, 6.07) is 7.04. The molecule has 0 aromatic heterocycles. The predicted molar refractivity (Wildman–Crippen MR) is 97.7 cm³/mol. The molecule has 141 valence electrons. The number of nitrogens with zero attached hydrogens (tertiary/aromatic N) is 1. The number of likely N-dealkylation sites (tertiary alicyclic amines) is 1. The molecule has 0 bridgehead atoms. The fourth-order valence-corrected chi connectivity index (χ4v) is 4.51. The van der Waals surface area contributed by atoms with Gasteiger partial charge in [0.05, 0.1) is 14.2 Å². The largest absolute Gasteiger partial charge is 0.493 e. The Balaban J connectivity index is 0.00000261. The summed E-state index contributed by atoms with van der Waals surface area (Å²) in [5.74, 6) is 1.51. The molecule has 1 N–H and O–H groups in total. The standard InChI is InChI=1S/C20H28N2O3.Y/c1-14(13-23)21-16-7-8-20(9-10-22(2)19(20)12-16)15-5-6-17(24-3)18(11-15)25-4;/h5-6,11,13-14,19,21H,1,7-10,12H2,2-4H3;/q-2;/t14?,19-,20-;/m0./s1/i13T;. The summed E-state index contributed by atoms with van der Waals surface area (Å²) in [4.78, 5) is 13.6. The van der Waals surface area contributed by atoms with Gasteiger partial charge in [-0.25, -0.2) is 0 Å². The first-order chi connectivity index (χ1) is 12.4. The van der Waals surface area contributed by atoms with E-state index >= 15 is 0 Å². The molecule has 3 atom stereocenters. The first kappa shape index (κ1) is 20.3. The minimum Gasteiger partial charge on any atom is -0.493 e. The van der Waals surface area contributed by atoms with Gasteiger partial charge in [0.1, 0.15) is 7.63 Å². The molecule has 1 heterocycles. The van der Waals surface area contributed by atoms with Gasteiger partial charge in [-0.2, -0.15) is 6.42 Å². The van der Waals surface area contributed by atoms with Crippen molar-refractivity contribution in [1.29, 1.82) is 0 Å². The van der Waals surface area contributed by atoms with E-state index < -0.39 is 12.3 Å². The SMILES string of the molecule is [3H]C(=O)C([CH2-])N[C-]1CC[C@@]2(c3ccc(OC)c(OC)c3)CCN(C)[C@H]2C1.[Y]. The first-order valence-corrected chi connectivity index (χ1v) is 8.79. The Morgan fingerprint density at radius 1 is 1.42 bits per heavy atom. The zero-order valence-electron chi connectivity index (χ0n) is 16.9. The van der Waals surface area contributed by atoms with Crippen LogP contribution >= 0.6 is 0 Å². The maximum atomic E-state index is 11.2. The van der Waals surface area contributed by atoms with E-state index in [1.165, 1.54) is 5.56 Å². The van der Waals surface area contributed by atoms with E-state index in [-0.39, 0.29) is 38.1 Å². The van der Waals surface area contributed by atoms with Crippen molar-refractivity contribution < 1.29 is 48.3 Å². The summed E-state index contributed by atoms with van der Waals surface area (Å²) >= 11 is 0. The van der Waals surface area contributed by atoms with Crippen molar-refractivity contribution in [3.63, 3.8) is 0 Å². The Morgan fingerprint density at radius 2 is 2.15 bits per heavy atom. The van der Waals surface area contributed by atoms with Crippen LogP contribution in [-0.2, 0) is 42.9 Å². The fourth-order valence-electron chi connectivity index (χ4n) is 4.51. The minimum atomic E-state index is -0.690. The molecule has 2 fully saturated rings. The summed E-state index contributed by atoms with van der Waals surface area (Å²) in [5.41, 5.74) is 1.35. The molecule has 0 amide bonds. The average Bonchev–Trinajstić information content (AvgIpc) is 2.98. The summed E-state index contributed by atoms with van der Waals surface area (Å²) in [6.45, 7) is 4.78. The van der Waals surface area contributed by atoms with Crippen LogP contribution in [0.4, 0.5) is 0 Å². The molecule has 6 heteroatoms. The van der Waals surface area contributed by atoms with E-state index in [9.17, 15) is 4.79 Å². The Morgan fingerprint density at radius 3 is 2.81 bits per heavy atom. The van der Waals surface area contributed by atoms with Gasteiger partial charge in [-0.3, -0.25) is 6.04 Å². The predicted octanol–water partition coefficient (Wildman–Crippen LogP) is 2.35. The molecule has 1 aliphatic heterocycles. The van der Waals surface area contributed by atoms with Crippen molar-refractivity contribution in [3.05, 3.63) is 36.7 Å². The van der Waals surface area contributed by atoms with E-state index in [1.807, 2.05) is 6.07 Å². The molecule has 1 aromatic carbocycles. The summed E-state index contributed by atoms with van der Waals surface area (Å²) in [6.07, 6.45) is 3.18. The molecule has 3 rings (SSSR count). The van der Waals surface area contributed by atoms with Crippen LogP contribution in [0.3, 0.4) is 0 Å². The number of carbonyl (C=O) groups excluding carboxylic acids is 1. The minimum absolute atomic E-state index is 0. The number of hydrogen-bond acceptors (Lipinski definition) is 5. The van der Waals surface area contributed by atoms with Crippen LogP contribution in [0.15, 0.2) is 18.2 Å². The van der Waals surface area contributed by atoms with Crippen LogP contribution in [-0.4, -0.2) is 51.1 Å². The summed E-state index contributed by atoms with van der Waals surface area (Å²) in [7, 11) is 5.48. The van der Waals surface area contributed by atoms with Crippen LogP contribution < -0.4 is 14.8 Å². The molecule has 1 saturated carbocycles. The number of ether oxygens (including phenoxy) is 2. The van der Waals surface area contributed by atoms with Gasteiger partial charge in [0.15, 0.2) is 11.5 Å². The normalized spacial score (nSPS) is 27.8. The maximum absolute atomic E-state index is 11.2. The molecule has 1 radical (unpaired) electrons. The topological polar surface area (TPSA) is 50.8 Å². The second-order valence-corrected chi connectivity index (χ2v) is 7.09. The third-order valence-electron chi connectivity index (χ3n) is 5.87. The number of fused-ring (bicyclic) bond motifs is 1. The molecule has 1 aromatic rings. The van der Waals surface area contributed by atoms with Crippen molar-refractivity contribution in [1.82, 2.24) is 10.2 Å². The molecule has 0 spiro atoms. The Bertz CT molecular complexity index is 675. The van der Waals surface area contributed by atoms with E-state index in [4.69, 9.17) is 10.8 Å². The van der Waals surface area contributed by atoms with Gasteiger partial charge in [0.2, 0.25) is 0 Å². The van der Waals surface area contributed by atoms with Gasteiger partial charge in [0, 0.05) is 38.1 Å². The second kappa shape index (κ2) is 9.14. The number of benzene rings is 1. The summed E-state index contributed by atoms with van der Waals surface area (Å²) in [5, 5.41) is 3.16. The van der Waals surface area contributed by atoms with Crippen molar-refractivity contribution in [3.8, 4) is 11.5 Å². The number of carbonyl (C=O) groups is 1. The van der Waals surface area contributed by atoms with Gasteiger partial charge < -0.3 is 31.4 Å². The quantitative estimate of drug-likeness (QED) is 0.549. The van der Waals surface area contributed by atoms with Gasteiger partial charge in [-0.15, -0.1) is 6.42 Å². The van der Waals surface area contributed by atoms with Crippen LogP contribution in [0.2, 0.25) is 0 Å². The molecule has 26 heavy (non-hydrogen) atoms. The maximum Gasteiger partial charge on any atom is 0.161 e. The Hall–Kier alpha value is -0.486. The Kier molecular flexibility index (Phi) is 7.12. The molecular formula is C20H28N2O3Y-2. The van der Waals surface area contributed by atoms with Crippen LogP contribution in [0.5, 0.6) is 11.5 Å². The third kappa shape index (κ3) is 4.01. The Labute approximate surface area is 183 Å². The monoisotopic (exact) mass is 435 g/mol. The van der Waals surface area contributed by atoms with E-state index in [0.29, 0.717) is 6.04 Å². The average molecular weight is 435 g/mol. The third-order valence-corrected chi connectivity index (χ3v) is 5.87. The fraction of sp³-hybridized carbons (Fsp3) is 0.550. The number of likely N-dealkylation sites (N-methyl/N-ethyl adjacent to an activating group) is 1. The van der Waals surface area contributed by atoms with Gasteiger partial charge >= 0.3 is 0 Å². The molecule has 1 unspecified atom stereocenters. The number of rotatable bonds is 6. The van der Waals surface area contributed by atoms with Crippen molar-refractivity contribution >= 4 is 6.26 Å². The number of aldehydes is 1. The van der Waals surface area contributed by atoms with Crippen LogP contribution in [0.1, 0.15) is 32.6 Å². The van der Waals surface area contributed by atoms with E-state index in [1.54, 1.807) is 14.2 Å². The number of nitrogens with one attached hydrogen (secondary N) is 1. The molecule has 1 aliphatic carbocycles. The zero-order chi connectivity index (χ0) is 18.9. The van der Waals surface area contributed by atoms with Gasteiger partial charge in [0.25, 0.3) is 0 Å². The van der Waals surface area contributed by atoms with Crippen molar-refractivity contribution in [2.45, 2.75) is 43.2 Å². The second-order valence-electron chi connectivity index (χ2n) is 7.09. The molecular weight excluding hydrogens is 405 g/mol.